The Morgan fingerprint density at radius 3 is 2.93 bits per heavy atom. The molecular weight excluding hydrogens is 188 g/mol. The second kappa shape index (κ2) is 4.14. The molecule has 2 heterocycles. The van der Waals surface area contributed by atoms with E-state index in [-0.39, 0.29) is 6.04 Å². The predicted molar refractivity (Wildman–Crippen MR) is 60.7 cm³/mol. The van der Waals surface area contributed by atoms with Gasteiger partial charge < -0.3 is 10.6 Å². The number of hydrogen-bond donors (Lipinski definition) is 1. The van der Waals surface area contributed by atoms with Gasteiger partial charge in [0.05, 0.1) is 0 Å². The molecule has 0 aliphatic carbocycles. The molecule has 1 aromatic heterocycles. The van der Waals surface area contributed by atoms with Gasteiger partial charge in [0.25, 0.3) is 0 Å². The van der Waals surface area contributed by atoms with Crippen LogP contribution in [0, 0.1) is 12.8 Å². The van der Waals surface area contributed by atoms with E-state index in [1.807, 2.05) is 19.2 Å². The highest BCUT2D eigenvalue weighted by atomic mass is 15.3. The van der Waals surface area contributed by atoms with E-state index in [9.17, 15) is 0 Å². The number of rotatable bonds is 1. The fourth-order valence-electron chi connectivity index (χ4n) is 2.15. The van der Waals surface area contributed by atoms with Gasteiger partial charge in [0.1, 0.15) is 0 Å². The highest BCUT2D eigenvalue weighted by Crippen LogP contribution is 2.18. The number of aryl methyl sites for hydroxylation is 1. The Hall–Kier alpha value is -1.16. The van der Waals surface area contributed by atoms with Crippen LogP contribution in [0.5, 0.6) is 0 Å². The maximum Gasteiger partial charge on any atom is 0.225 e. The number of anilines is 1. The second-order valence-electron chi connectivity index (χ2n) is 4.50. The van der Waals surface area contributed by atoms with Crippen molar-refractivity contribution in [1.29, 1.82) is 0 Å². The van der Waals surface area contributed by atoms with Crippen LogP contribution in [-0.2, 0) is 0 Å². The molecule has 4 nitrogen and oxygen atoms in total. The van der Waals surface area contributed by atoms with Gasteiger partial charge in [-0.3, -0.25) is 0 Å². The van der Waals surface area contributed by atoms with E-state index in [0.29, 0.717) is 5.92 Å². The van der Waals surface area contributed by atoms with Crippen molar-refractivity contribution in [3.63, 3.8) is 0 Å². The van der Waals surface area contributed by atoms with Crippen LogP contribution in [0.1, 0.15) is 19.0 Å². The zero-order valence-electron chi connectivity index (χ0n) is 9.35. The fourth-order valence-corrected chi connectivity index (χ4v) is 2.15. The van der Waals surface area contributed by atoms with Crippen LogP contribution in [0.3, 0.4) is 0 Å². The molecule has 1 fully saturated rings. The molecule has 1 aliphatic rings. The van der Waals surface area contributed by atoms with E-state index in [4.69, 9.17) is 5.73 Å². The van der Waals surface area contributed by atoms with Gasteiger partial charge in [0.2, 0.25) is 5.95 Å². The van der Waals surface area contributed by atoms with Crippen molar-refractivity contribution < 1.29 is 0 Å². The lowest BCUT2D eigenvalue weighted by molar-refractivity contribution is 0.397. The summed E-state index contributed by atoms with van der Waals surface area (Å²) in [5, 5.41) is 0. The minimum atomic E-state index is 0.248. The lowest BCUT2D eigenvalue weighted by Gasteiger charge is -2.34. The van der Waals surface area contributed by atoms with Gasteiger partial charge in [-0.1, -0.05) is 6.92 Å². The average Bonchev–Trinajstić information content (AvgIpc) is 2.16. The van der Waals surface area contributed by atoms with Crippen molar-refractivity contribution in [2.45, 2.75) is 26.3 Å². The van der Waals surface area contributed by atoms with Crippen LogP contribution in [0.2, 0.25) is 0 Å². The Labute approximate surface area is 90.5 Å². The minimum Gasteiger partial charge on any atom is -0.339 e. The SMILES string of the molecule is Cc1ccnc(N2CC(C)CC(N)C2)n1. The molecule has 2 atom stereocenters. The molecule has 82 valence electrons. The van der Waals surface area contributed by atoms with Crippen LogP contribution >= 0.6 is 0 Å². The largest absolute Gasteiger partial charge is 0.339 e. The molecule has 4 heteroatoms. The summed E-state index contributed by atoms with van der Waals surface area (Å²) in [6.07, 6.45) is 2.91. The third-order valence-corrected chi connectivity index (χ3v) is 2.76. The molecule has 0 radical (unpaired) electrons. The van der Waals surface area contributed by atoms with Crippen LogP contribution < -0.4 is 10.6 Å². The number of nitrogens with two attached hydrogens (primary N) is 1. The number of aromatic nitrogens is 2. The topological polar surface area (TPSA) is 55.0 Å². The van der Waals surface area contributed by atoms with E-state index in [1.165, 1.54) is 0 Å². The highest BCUT2D eigenvalue weighted by Gasteiger charge is 2.23. The molecule has 1 aromatic rings. The molecule has 0 bridgehead atoms. The van der Waals surface area contributed by atoms with Crippen molar-refractivity contribution in [1.82, 2.24) is 9.97 Å². The Balaban J connectivity index is 2.16. The minimum absolute atomic E-state index is 0.248. The summed E-state index contributed by atoms with van der Waals surface area (Å²) in [6, 6.07) is 2.16. The monoisotopic (exact) mass is 206 g/mol. The molecule has 0 saturated carbocycles. The Morgan fingerprint density at radius 1 is 1.47 bits per heavy atom. The van der Waals surface area contributed by atoms with Crippen molar-refractivity contribution in [2.24, 2.45) is 11.7 Å². The van der Waals surface area contributed by atoms with Crippen molar-refractivity contribution in [2.75, 3.05) is 18.0 Å². The zero-order valence-corrected chi connectivity index (χ0v) is 9.35. The maximum absolute atomic E-state index is 5.99. The molecule has 0 aromatic carbocycles. The first-order valence-corrected chi connectivity index (χ1v) is 5.45. The Bertz CT molecular complexity index is 329. The summed E-state index contributed by atoms with van der Waals surface area (Å²) in [5.74, 6) is 1.44. The highest BCUT2D eigenvalue weighted by molar-refractivity contribution is 5.31. The second-order valence-corrected chi connectivity index (χ2v) is 4.50. The molecule has 15 heavy (non-hydrogen) atoms. The molecule has 1 saturated heterocycles. The lowest BCUT2D eigenvalue weighted by Crippen LogP contribution is -2.47. The lowest BCUT2D eigenvalue weighted by atomic mass is 9.97. The van der Waals surface area contributed by atoms with Crippen LogP contribution in [0.15, 0.2) is 12.3 Å². The van der Waals surface area contributed by atoms with Gasteiger partial charge in [-0.2, -0.15) is 0 Å². The van der Waals surface area contributed by atoms with Crippen molar-refractivity contribution in [3.8, 4) is 0 Å². The number of hydrogen-bond acceptors (Lipinski definition) is 4. The summed E-state index contributed by atoms with van der Waals surface area (Å²) in [6.45, 7) is 6.09. The summed E-state index contributed by atoms with van der Waals surface area (Å²) in [7, 11) is 0. The first-order chi connectivity index (χ1) is 7.15. The third kappa shape index (κ3) is 2.45. The summed E-state index contributed by atoms with van der Waals surface area (Å²) in [4.78, 5) is 10.9. The summed E-state index contributed by atoms with van der Waals surface area (Å²) in [5.41, 5.74) is 7.00. The third-order valence-electron chi connectivity index (χ3n) is 2.76. The quantitative estimate of drug-likeness (QED) is 0.743. The van der Waals surface area contributed by atoms with Gasteiger partial charge in [-0.25, -0.2) is 9.97 Å². The predicted octanol–water partition coefficient (Wildman–Crippen LogP) is 0.959. The Kier molecular flexibility index (Phi) is 2.86. The molecule has 2 N–H and O–H groups in total. The van der Waals surface area contributed by atoms with Crippen molar-refractivity contribution >= 4 is 5.95 Å². The van der Waals surface area contributed by atoms with E-state index >= 15 is 0 Å². The smallest absolute Gasteiger partial charge is 0.225 e. The normalized spacial score (nSPS) is 26.7. The van der Waals surface area contributed by atoms with Gasteiger partial charge in [-0.05, 0) is 25.3 Å². The average molecular weight is 206 g/mol. The van der Waals surface area contributed by atoms with Crippen LogP contribution in [0.25, 0.3) is 0 Å². The summed E-state index contributed by atoms with van der Waals surface area (Å²) < 4.78 is 0. The van der Waals surface area contributed by atoms with Gasteiger partial charge in [-0.15, -0.1) is 0 Å². The van der Waals surface area contributed by atoms with E-state index < -0.39 is 0 Å². The molecule has 2 unspecified atom stereocenters. The fraction of sp³-hybridized carbons (Fsp3) is 0.636. The number of piperidine rings is 1. The molecular formula is C11H18N4. The Morgan fingerprint density at radius 2 is 2.27 bits per heavy atom. The molecule has 2 rings (SSSR count). The molecule has 1 aliphatic heterocycles. The van der Waals surface area contributed by atoms with E-state index in [2.05, 4.69) is 21.8 Å². The van der Waals surface area contributed by atoms with E-state index in [1.54, 1.807) is 0 Å². The van der Waals surface area contributed by atoms with Gasteiger partial charge in [0.15, 0.2) is 0 Å². The van der Waals surface area contributed by atoms with Crippen molar-refractivity contribution in [3.05, 3.63) is 18.0 Å². The first kappa shape index (κ1) is 10.4. The van der Waals surface area contributed by atoms with E-state index in [0.717, 1.165) is 31.2 Å². The molecule has 0 spiro atoms. The first-order valence-electron chi connectivity index (χ1n) is 5.45. The van der Waals surface area contributed by atoms with Crippen LogP contribution in [0.4, 0.5) is 5.95 Å². The van der Waals surface area contributed by atoms with Gasteiger partial charge >= 0.3 is 0 Å². The summed E-state index contributed by atoms with van der Waals surface area (Å²) >= 11 is 0. The van der Waals surface area contributed by atoms with Gasteiger partial charge in [0, 0.05) is 31.0 Å². The molecule has 0 amide bonds. The number of nitrogens with zero attached hydrogens (tertiary/aromatic N) is 3. The maximum atomic E-state index is 5.99. The standard InChI is InChI=1S/C11H18N4/c1-8-5-10(12)7-15(6-8)11-13-4-3-9(2)14-11/h3-4,8,10H,5-7,12H2,1-2H3. The van der Waals surface area contributed by atoms with Crippen LogP contribution in [-0.4, -0.2) is 29.1 Å². The zero-order chi connectivity index (χ0) is 10.8.